The van der Waals surface area contributed by atoms with Crippen molar-refractivity contribution < 1.29 is 23.9 Å². The van der Waals surface area contributed by atoms with Gasteiger partial charge in [-0.3, -0.25) is 14.4 Å². The topological polar surface area (TPSA) is 99.6 Å². The number of amides is 2. The first kappa shape index (κ1) is 17.3. The summed E-state index contributed by atoms with van der Waals surface area (Å²) in [5.74, 6) is -2.60. The van der Waals surface area contributed by atoms with Crippen molar-refractivity contribution in [2.24, 2.45) is 0 Å². The Hall–Kier alpha value is -2.52. The van der Waals surface area contributed by atoms with E-state index in [1.165, 1.54) is 17.5 Å². The lowest BCUT2D eigenvalue weighted by molar-refractivity contribution is -0.136. The van der Waals surface area contributed by atoms with Gasteiger partial charge in [0, 0.05) is 11.1 Å². The molecule has 3 rings (SSSR count). The second kappa shape index (κ2) is 6.77. The molecule has 7 nitrogen and oxygen atoms in total. The Kier molecular flexibility index (Phi) is 4.69. The zero-order valence-corrected chi connectivity index (χ0v) is 14.1. The maximum Gasteiger partial charge on any atom is 0.309 e. The fourth-order valence-corrected chi connectivity index (χ4v) is 3.39. The summed E-state index contributed by atoms with van der Waals surface area (Å²) in [5.41, 5.74) is 0.680. The van der Waals surface area contributed by atoms with Crippen molar-refractivity contribution in [1.29, 1.82) is 0 Å². The number of imide groups is 1. The van der Waals surface area contributed by atoms with Gasteiger partial charge in [-0.2, -0.15) is 0 Å². The molecule has 0 spiro atoms. The summed E-state index contributed by atoms with van der Waals surface area (Å²) in [4.78, 5) is 40.3. The smallest absolute Gasteiger partial charge is 0.309 e. The van der Waals surface area contributed by atoms with Gasteiger partial charge in [-0.1, -0.05) is 11.6 Å². The number of hydrogen-bond donors (Lipinski definition) is 2. The molecular weight excluding hydrogens is 373 g/mol. The monoisotopic (exact) mass is 383 g/mol. The Bertz CT molecular complexity index is 872. The number of rotatable bonds is 5. The first-order chi connectivity index (χ1) is 11.8. The zero-order chi connectivity index (χ0) is 18.1. The van der Waals surface area contributed by atoms with Gasteiger partial charge in [-0.05, 0) is 18.2 Å². The standard InChI is InChI=1S/C15H11ClFN3O4S/c16-9-3-7(1-2-10(9)17)18-11-5-12(21)20(14(11)24)15-19-8(6-25-15)4-13(22)23/h1-3,6,11,18H,4-5H2,(H,22,23). The molecule has 0 radical (unpaired) electrons. The van der Waals surface area contributed by atoms with E-state index in [1.807, 2.05) is 0 Å². The first-order valence-corrected chi connectivity index (χ1v) is 8.35. The van der Waals surface area contributed by atoms with E-state index in [0.717, 1.165) is 22.3 Å². The van der Waals surface area contributed by atoms with Crippen molar-refractivity contribution >= 4 is 51.5 Å². The summed E-state index contributed by atoms with van der Waals surface area (Å²) < 4.78 is 13.2. The van der Waals surface area contributed by atoms with E-state index in [2.05, 4.69) is 10.3 Å². The molecule has 1 aliphatic rings. The van der Waals surface area contributed by atoms with Crippen LogP contribution >= 0.6 is 22.9 Å². The van der Waals surface area contributed by atoms with Crippen LogP contribution in [0.15, 0.2) is 23.6 Å². The molecule has 2 N–H and O–H groups in total. The lowest BCUT2D eigenvalue weighted by Gasteiger charge is -2.14. The van der Waals surface area contributed by atoms with Crippen LogP contribution < -0.4 is 10.2 Å². The Morgan fingerprint density at radius 3 is 2.92 bits per heavy atom. The van der Waals surface area contributed by atoms with Gasteiger partial charge >= 0.3 is 5.97 Å². The summed E-state index contributed by atoms with van der Waals surface area (Å²) in [6, 6.07) is 3.06. The molecule has 0 bridgehead atoms. The van der Waals surface area contributed by atoms with Crippen molar-refractivity contribution in [1.82, 2.24) is 4.98 Å². The van der Waals surface area contributed by atoms with Crippen molar-refractivity contribution in [2.75, 3.05) is 10.2 Å². The minimum absolute atomic E-state index is 0.0956. The van der Waals surface area contributed by atoms with Crippen LogP contribution in [0, 0.1) is 5.82 Å². The fraction of sp³-hybridized carbons (Fsp3) is 0.200. The molecule has 2 amide bonds. The van der Waals surface area contributed by atoms with E-state index in [-0.39, 0.29) is 28.7 Å². The van der Waals surface area contributed by atoms with Crippen LogP contribution in [0.1, 0.15) is 12.1 Å². The van der Waals surface area contributed by atoms with Gasteiger partial charge in [0.25, 0.3) is 5.91 Å². The molecule has 1 aromatic heterocycles. The van der Waals surface area contributed by atoms with E-state index < -0.39 is 29.6 Å². The molecule has 10 heteroatoms. The largest absolute Gasteiger partial charge is 0.481 e. The molecule has 1 aliphatic heterocycles. The van der Waals surface area contributed by atoms with E-state index in [9.17, 15) is 18.8 Å². The van der Waals surface area contributed by atoms with E-state index in [0.29, 0.717) is 5.69 Å². The third-order valence-corrected chi connectivity index (χ3v) is 4.63. The average molecular weight is 384 g/mol. The van der Waals surface area contributed by atoms with Crippen LogP contribution in [0.4, 0.5) is 15.2 Å². The maximum absolute atomic E-state index is 13.2. The number of anilines is 2. The number of carboxylic acids is 1. The lowest BCUT2D eigenvalue weighted by atomic mass is 10.2. The number of halogens is 2. The van der Waals surface area contributed by atoms with Gasteiger partial charge in [0.1, 0.15) is 11.9 Å². The van der Waals surface area contributed by atoms with Gasteiger partial charge in [0.05, 0.1) is 23.6 Å². The predicted octanol–water partition coefficient (Wildman–Crippen LogP) is 2.31. The fourth-order valence-electron chi connectivity index (χ4n) is 2.37. The highest BCUT2D eigenvalue weighted by Gasteiger charge is 2.41. The molecule has 1 saturated heterocycles. The third kappa shape index (κ3) is 3.62. The SMILES string of the molecule is O=C(O)Cc1csc(N2C(=O)CC(Nc3ccc(F)c(Cl)c3)C2=O)n1. The average Bonchev–Trinajstić information content (AvgIpc) is 3.07. The van der Waals surface area contributed by atoms with Gasteiger partial charge in [0.2, 0.25) is 5.91 Å². The molecule has 1 atom stereocenters. The molecule has 1 fully saturated rings. The highest BCUT2D eigenvalue weighted by molar-refractivity contribution is 7.14. The predicted molar refractivity (Wildman–Crippen MR) is 89.4 cm³/mol. The summed E-state index contributed by atoms with van der Waals surface area (Å²) in [5, 5.41) is 13.1. The van der Waals surface area contributed by atoms with Crippen molar-refractivity contribution in [3.05, 3.63) is 40.1 Å². The molecule has 1 aromatic carbocycles. The molecule has 2 heterocycles. The van der Waals surface area contributed by atoms with Crippen LogP contribution in [0.3, 0.4) is 0 Å². The molecule has 1 unspecified atom stereocenters. The second-order valence-corrected chi connectivity index (χ2v) is 6.53. The van der Waals surface area contributed by atoms with E-state index in [4.69, 9.17) is 16.7 Å². The summed E-state index contributed by atoms with van der Waals surface area (Å²) in [7, 11) is 0. The van der Waals surface area contributed by atoms with Gasteiger partial charge < -0.3 is 10.4 Å². The number of nitrogens with one attached hydrogen (secondary N) is 1. The summed E-state index contributed by atoms with van der Waals surface area (Å²) in [6.45, 7) is 0. The van der Waals surface area contributed by atoms with Crippen LogP contribution in [0.2, 0.25) is 5.02 Å². The normalized spacial score (nSPS) is 17.2. The highest BCUT2D eigenvalue weighted by Crippen LogP contribution is 2.29. The number of aromatic nitrogens is 1. The van der Waals surface area contributed by atoms with E-state index in [1.54, 1.807) is 0 Å². The number of carbonyl (C=O) groups is 3. The molecule has 25 heavy (non-hydrogen) atoms. The van der Waals surface area contributed by atoms with Crippen molar-refractivity contribution in [2.45, 2.75) is 18.9 Å². The summed E-state index contributed by atoms with van der Waals surface area (Å²) in [6.07, 6.45) is -0.385. The zero-order valence-electron chi connectivity index (χ0n) is 12.5. The quantitative estimate of drug-likeness (QED) is 0.768. The maximum atomic E-state index is 13.2. The Morgan fingerprint density at radius 2 is 2.24 bits per heavy atom. The van der Waals surface area contributed by atoms with Crippen LogP contribution in [0.5, 0.6) is 0 Å². The number of carboxylic acid groups (broad SMARTS) is 1. The number of hydrogen-bond acceptors (Lipinski definition) is 6. The van der Waals surface area contributed by atoms with Crippen LogP contribution in [0.25, 0.3) is 0 Å². The van der Waals surface area contributed by atoms with Gasteiger partial charge in [-0.25, -0.2) is 14.3 Å². The number of nitrogens with zero attached hydrogens (tertiary/aromatic N) is 2. The minimum Gasteiger partial charge on any atom is -0.481 e. The summed E-state index contributed by atoms with van der Waals surface area (Å²) >= 11 is 6.72. The Balaban J connectivity index is 1.76. The molecule has 0 aliphatic carbocycles. The highest BCUT2D eigenvalue weighted by atomic mass is 35.5. The van der Waals surface area contributed by atoms with Gasteiger partial charge in [-0.15, -0.1) is 11.3 Å². The number of carbonyl (C=O) groups excluding carboxylic acids is 2. The molecular formula is C15H11ClFN3O4S. The lowest BCUT2D eigenvalue weighted by Crippen LogP contribution is -2.34. The number of aliphatic carboxylic acids is 1. The second-order valence-electron chi connectivity index (χ2n) is 5.29. The first-order valence-electron chi connectivity index (χ1n) is 7.09. The molecule has 130 valence electrons. The molecule has 2 aromatic rings. The van der Waals surface area contributed by atoms with Crippen molar-refractivity contribution in [3.63, 3.8) is 0 Å². The van der Waals surface area contributed by atoms with Gasteiger partial charge in [0.15, 0.2) is 5.13 Å². The number of benzene rings is 1. The van der Waals surface area contributed by atoms with Crippen LogP contribution in [-0.4, -0.2) is 33.9 Å². The Labute approximate surface area is 150 Å². The number of thiazole rings is 1. The van der Waals surface area contributed by atoms with E-state index >= 15 is 0 Å². The minimum atomic E-state index is -1.05. The van der Waals surface area contributed by atoms with Crippen LogP contribution in [-0.2, 0) is 20.8 Å². The van der Waals surface area contributed by atoms with Crippen molar-refractivity contribution in [3.8, 4) is 0 Å². The Morgan fingerprint density at radius 1 is 1.48 bits per heavy atom. The molecule has 0 saturated carbocycles. The third-order valence-electron chi connectivity index (χ3n) is 3.47.